The minimum Gasteiger partial charge on any atom is -0.381 e. The number of para-hydroxylation sites is 1. The van der Waals surface area contributed by atoms with Gasteiger partial charge < -0.3 is 15.0 Å². The summed E-state index contributed by atoms with van der Waals surface area (Å²) in [6.07, 6.45) is 2.48. The topological polar surface area (TPSA) is 61.9 Å². The summed E-state index contributed by atoms with van der Waals surface area (Å²) in [6, 6.07) is 9.71. The van der Waals surface area contributed by atoms with Gasteiger partial charge in [0.1, 0.15) is 0 Å². The number of likely N-dealkylation sites (N-methyl/N-ethyl adjacent to an activating group) is 1. The van der Waals surface area contributed by atoms with Gasteiger partial charge in [-0.05, 0) is 37.9 Å². The van der Waals surface area contributed by atoms with Crippen LogP contribution in [0.15, 0.2) is 30.3 Å². The largest absolute Gasteiger partial charge is 0.381 e. The number of anilines is 1. The molecule has 3 rings (SSSR count). The molecule has 0 unspecified atom stereocenters. The Bertz CT molecular complexity index is 587. The molecule has 0 spiro atoms. The second-order valence-electron chi connectivity index (χ2n) is 6.65. The number of benzene rings is 1. The molecule has 136 valence electrons. The van der Waals surface area contributed by atoms with Crippen molar-refractivity contribution in [2.45, 2.75) is 38.3 Å². The highest BCUT2D eigenvalue weighted by Gasteiger charge is 2.36. The van der Waals surface area contributed by atoms with Gasteiger partial charge in [-0.1, -0.05) is 25.1 Å². The number of nitrogens with zero attached hydrogens (tertiary/aromatic N) is 2. The zero-order valence-electron chi connectivity index (χ0n) is 14.8. The van der Waals surface area contributed by atoms with Crippen molar-refractivity contribution in [3.8, 4) is 0 Å². The van der Waals surface area contributed by atoms with E-state index in [-0.39, 0.29) is 30.4 Å². The molecule has 1 aromatic carbocycles. The fourth-order valence-corrected chi connectivity index (χ4v) is 3.61. The lowest BCUT2D eigenvalue weighted by Crippen LogP contribution is -2.49. The molecule has 1 atom stereocenters. The van der Waals surface area contributed by atoms with Gasteiger partial charge in [0, 0.05) is 31.5 Å². The van der Waals surface area contributed by atoms with Crippen molar-refractivity contribution in [2.75, 3.05) is 37.7 Å². The molecule has 0 bridgehead atoms. The highest BCUT2D eigenvalue weighted by atomic mass is 16.5. The first-order chi connectivity index (χ1) is 12.2. The van der Waals surface area contributed by atoms with E-state index < -0.39 is 0 Å². The van der Waals surface area contributed by atoms with E-state index in [0.29, 0.717) is 26.3 Å². The molecule has 6 heteroatoms. The molecule has 2 aliphatic heterocycles. The van der Waals surface area contributed by atoms with Crippen LogP contribution >= 0.6 is 0 Å². The summed E-state index contributed by atoms with van der Waals surface area (Å²) in [6.45, 7) is 5.06. The molecule has 2 amide bonds. The average Bonchev–Trinajstić information content (AvgIpc) is 3.02. The molecule has 2 saturated heterocycles. The van der Waals surface area contributed by atoms with Crippen LogP contribution in [0.5, 0.6) is 0 Å². The van der Waals surface area contributed by atoms with Crippen molar-refractivity contribution < 1.29 is 14.3 Å². The number of hydrogen-bond acceptors (Lipinski definition) is 4. The molecule has 1 N–H and O–H groups in total. The number of carbonyl (C=O) groups excluding carboxylic acids is 2. The zero-order valence-corrected chi connectivity index (χ0v) is 14.8. The van der Waals surface area contributed by atoms with Crippen molar-refractivity contribution in [3.63, 3.8) is 0 Å². The third-order valence-corrected chi connectivity index (χ3v) is 5.03. The van der Waals surface area contributed by atoms with Crippen LogP contribution < -0.4 is 10.2 Å². The molecule has 0 aromatic heterocycles. The van der Waals surface area contributed by atoms with Gasteiger partial charge in [-0.25, -0.2) is 0 Å². The molecule has 0 radical (unpaired) electrons. The normalized spacial score (nSPS) is 21.8. The third kappa shape index (κ3) is 4.38. The molecule has 0 saturated carbocycles. The Morgan fingerprint density at radius 2 is 1.96 bits per heavy atom. The monoisotopic (exact) mass is 345 g/mol. The zero-order chi connectivity index (χ0) is 17.6. The first-order valence-electron chi connectivity index (χ1n) is 9.16. The SMILES string of the molecule is CCN(CC(=O)NC1CCOCC1)[C@@H]1CCN(c2ccccc2)C1=O. The summed E-state index contributed by atoms with van der Waals surface area (Å²) in [7, 11) is 0. The summed E-state index contributed by atoms with van der Waals surface area (Å²) >= 11 is 0. The highest BCUT2D eigenvalue weighted by Crippen LogP contribution is 2.24. The number of rotatable bonds is 6. The number of nitrogens with one attached hydrogen (secondary N) is 1. The van der Waals surface area contributed by atoms with Crippen molar-refractivity contribution in [3.05, 3.63) is 30.3 Å². The van der Waals surface area contributed by atoms with E-state index in [1.54, 1.807) is 0 Å². The van der Waals surface area contributed by atoms with Gasteiger partial charge in [-0.2, -0.15) is 0 Å². The molecule has 2 aliphatic rings. The Morgan fingerprint density at radius 3 is 2.64 bits per heavy atom. The quantitative estimate of drug-likeness (QED) is 0.847. The maximum absolute atomic E-state index is 12.8. The van der Waals surface area contributed by atoms with Crippen molar-refractivity contribution in [1.29, 1.82) is 0 Å². The molecule has 2 fully saturated rings. The molecule has 1 aromatic rings. The fraction of sp³-hybridized carbons (Fsp3) is 0.579. The Morgan fingerprint density at radius 1 is 1.24 bits per heavy atom. The summed E-state index contributed by atoms with van der Waals surface area (Å²) in [5.41, 5.74) is 0.928. The summed E-state index contributed by atoms with van der Waals surface area (Å²) < 4.78 is 5.32. The average molecular weight is 345 g/mol. The third-order valence-electron chi connectivity index (χ3n) is 5.03. The minimum atomic E-state index is -0.217. The van der Waals surface area contributed by atoms with Gasteiger partial charge in [0.2, 0.25) is 11.8 Å². The number of ether oxygens (including phenoxy) is 1. The van der Waals surface area contributed by atoms with E-state index in [9.17, 15) is 9.59 Å². The van der Waals surface area contributed by atoms with Gasteiger partial charge in [0.25, 0.3) is 0 Å². The van der Waals surface area contributed by atoms with Crippen LogP contribution in [-0.2, 0) is 14.3 Å². The van der Waals surface area contributed by atoms with Gasteiger partial charge in [0.15, 0.2) is 0 Å². The summed E-state index contributed by atoms with van der Waals surface area (Å²) in [4.78, 5) is 29.0. The van der Waals surface area contributed by atoms with E-state index in [2.05, 4.69) is 5.32 Å². The van der Waals surface area contributed by atoms with Gasteiger partial charge in [0.05, 0.1) is 12.6 Å². The van der Waals surface area contributed by atoms with Crippen LogP contribution in [0.2, 0.25) is 0 Å². The highest BCUT2D eigenvalue weighted by molar-refractivity contribution is 5.99. The lowest BCUT2D eigenvalue weighted by Gasteiger charge is -2.28. The molecular formula is C19H27N3O3. The second kappa shape index (κ2) is 8.45. The van der Waals surface area contributed by atoms with Crippen molar-refractivity contribution >= 4 is 17.5 Å². The molecule has 2 heterocycles. The lowest BCUT2D eigenvalue weighted by molar-refractivity contribution is -0.126. The Labute approximate surface area is 149 Å². The predicted molar refractivity (Wildman–Crippen MR) is 96.4 cm³/mol. The van der Waals surface area contributed by atoms with Crippen LogP contribution in [-0.4, -0.2) is 61.6 Å². The molecule has 25 heavy (non-hydrogen) atoms. The Balaban J connectivity index is 1.57. The van der Waals surface area contributed by atoms with Gasteiger partial charge in [-0.15, -0.1) is 0 Å². The smallest absolute Gasteiger partial charge is 0.244 e. The first-order valence-corrected chi connectivity index (χ1v) is 9.16. The second-order valence-corrected chi connectivity index (χ2v) is 6.65. The number of carbonyl (C=O) groups is 2. The number of amides is 2. The van der Waals surface area contributed by atoms with Crippen molar-refractivity contribution in [1.82, 2.24) is 10.2 Å². The Kier molecular flexibility index (Phi) is 6.04. The Hall–Kier alpha value is -1.92. The summed E-state index contributed by atoms with van der Waals surface area (Å²) in [5.74, 6) is 0.0895. The first kappa shape index (κ1) is 17.9. The van der Waals surface area contributed by atoms with Crippen LogP contribution in [0.3, 0.4) is 0 Å². The molecule has 0 aliphatic carbocycles. The fourth-order valence-electron chi connectivity index (χ4n) is 3.61. The van der Waals surface area contributed by atoms with E-state index in [1.807, 2.05) is 47.1 Å². The van der Waals surface area contributed by atoms with Crippen molar-refractivity contribution in [2.24, 2.45) is 0 Å². The maximum Gasteiger partial charge on any atom is 0.244 e. The van der Waals surface area contributed by atoms with E-state index in [1.165, 1.54) is 0 Å². The standard InChI is InChI=1S/C19H27N3O3/c1-2-21(14-18(23)20-15-9-12-25-13-10-15)17-8-11-22(19(17)24)16-6-4-3-5-7-16/h3-7,15,17H,2,8-14H2,1H3,(H,20,23)/t17-/m1/s1. The van der Waals surface area contributed by atoms with Crippen LogP contribution in [0.25, 0.3) is 0 Å². The van der Waals surface area contributed by atoms with E-state index >= 15 is 0 Å². The van der Waals surface area contributed by atoms with Crippen LogP contribution in [0.4, 0.5) is 5.69 Å². The maximum atomic E-state index is 12.8. The van der Waals surface area contributed by atoms with Crippen LogP contribution in [0, 0.1) is 0 Å². The molecular weight excluding hydrogens is 318 g/mol. The lowest BCUT2D eigenvalue weighted by atomic mass is 10.1. The van der Waals surface area contributed by atoms with Gasteiger partial charge >= 0.3 is 0 Å². The minimum absolute atomic E-state index is 0.000267. The summed E-state index contributed by atoms with van der Waals surface area (Å²) in [5, 5.41) is 3.08. The van der Waals surface area contributed by atoms with Gasteiger partial charge in [-0.3, -0.25) is 14.5 Å². The van der Waals surface area contributed by atoms with E-state index in [4.69, 9.17) is 4.74 Å². The van der Waals surface area contributed by atoms with Crippen LogP contribution in [0.1, 0.15) is 26.2 Å². The predicted octanol–water partition coefficient (Wildman–Crippen LogP) is 1.41. The van der Waals surface area contributed by atoms with E-state index in [0.717, 1.165) is 24.9 Å². The number of hydrogen-bond donors (Lipinski definition) is 1. The molecule has 6 nitrogen and oxygen atoms in total.